The molecular weight excluding hydrogens is 252 g/mol. The predicted molar refractivity (Wildman–Crippen MR) is 55.1 cm³/mol. The first-order chi connectivity index (χ1) is 8.40. The van der Waals surface area contributed by atoms with Crippen LogP contribution in [0.15, 0.2) is 24.3 Å². The van der Waals surface area contributed by atoms with E-state index in [9.17, 15) is 22.4 Å². The molecule has 0 saturated heterocycles. The monoisotopic (exact) mass is 262 g/mol. The van der Waals surface area contributed by atoms with Gasteiger partial charge < -0.3 is 4.74 Å². The Morgan fingerprint density at radius 1 is 1.22 bits per heavy atom. The Morgan fingerprint density at radius 2 is 1.78 bits per heavy atom. The first kappa shape index (κ1) is 12.9. The van der Waals surface area contributed by atoms with Crippen LogP contribution in [-0.4, -0.2) is 18.3 Å². The molecule has 1 aliphatic carbocycles. The van der Waals surface area contributed by atoms with Crippen LogP contribution in [0.4, 0.5) is 17.6 Å². The molecule has 0 aliphatic heterocycles. The fourth-order valence-corrected chi connectivity index (χ4v) is 1.47. The lowest BCUT2D eigenvalue weighted by Crippen LogP contribution is -2.33. The van der Waals surface area contributed by atoms with Crippen molar-refractivity contribution in [1.29, 1.82) is 0 Å². The number of benzene rings is 1. The maximum atomic E-state index is 12.6. The quantitative estimate of drug-likeness (QED) is 0.599. The van der Waals surface area contributed by atoms with E-state index in [0.29, 0.717) is 5.56 Å². The van der Waals surface area contributed by atoms with Gasteiger partial charge in [-0.2, -0.15) is 17.6 Å². The topological polar surface area (TPSA) is 26.3 Å². The van der Waals surface area contributed by atoms with Crippen molar-refractivity contribution >= 4 is 5.78 Å². The number of carbonyl (C=O) groups is 1. The van der Waals surface area contributed by atoms with Crippen molar-refractivity contribution in [3.63, 3.8) is 0 Å². The molecule has 1 saturated carbocycles. The molecule has 0 aromatic heterocycles. The lowest BCUT2D eigenvalue weighted by Gasteiger charge is -2.16. The first-order valence-electron chi connectivity index (χ1n) is 5.39. The van der Waals surface area contributed by atoms with Gasteiger partial charge >= 0.3 is 12.5 Å². The van der Waals surface area contributed by atoms with Gasteiger partial charge in [-0.15, -0.1) is 0 Å². The normalized spacial score (nSPS) is 15.8. The fourth-order valence-electron chi connectivity index (χ4n) is 1.47. The summed E-state index contributed by atoms with van der Waals surface area (Å²) in [6.45, 7) is 0. The van der Waals surface area contributed by atoms with E-state index in [2.05, 4.69) is 4.74 Å². The number of hydrogen-bond acceptors (Lipinski definition) is 2. The van der Waals surface area contributed by atoms with Gasteiger partial charge in [-0.3, -0.25) is 4.79 Å². The van der Waals surface area contributed by atoms with E-state index in [1.54, 1.807) is 0 Å². The van der Waals surface area contributed by atoms with Crippen LogP contribution in [0.2, 0.25) is 0 Å². The lowest BCUT2D eigenvalue weighted by molar-refractivity contribution is -0.253. The van der Waals surface area contributed by atoms with Gasteiger partial charge in [0.2, 0.25) is 0 Å². The van der Waals surface area contributed by atoms with Crippen molar-refractivity contribution in [2.24, 2.45) is 5.92 Å². The number of rotatable bonds is 5. The van der Waals surface area contributed by atoms with Gasteiger partial charge in [-0.05, 0) is 37.1 Å². The van der Waals surface area contributed by atoms with Crippen molar-refractivity contribution in [3.8, 4) is 5.75 Å². The van der Waals surface area contributed by atoms with Crippen LogP contribution in [0.25, 0.3) is 0 Å². The van der Waals surface area contributed by atoms with Gasteiger partial charge in [0.05, 0.1) is 0 Å². The Morgan fingerprint density at radius 3 is 2.22 bits per heavy atom. The molecule has 0 unspecified atom stereocenters. The van der Waals surface area contributed by atoms with E-state index in [1.807, 2.05) is 0 Å². The molecule has 18 heavy (non-hydrogen) atoms. The second kappa shape index (κ2) is 4.59. The minimum Gasteiger partial charge on any atom is -0.428 e. The average Bonchev–Trinajstić information content (AvgIpc) is 3.12. The number of hydrogen-bond donors (Lipinski definition) is 0. The molecule has 0 bridgehead atoms. The highest BCUT2D eigenvalue weighted by Crippen LogP contribution is 2.33. The minimum absolute atomic E-state index is 0.0132. The molecule has 1 aromatic carbocycles. The summed E-state index contributed by atoms with van der Waals surface area (Å²) in [5, 5.41) is 0. The van der Waals surface area contributed by atoms with Crippen LogP contribution < -0.4 is 4.74 Å². The zero-order valence-corrected chi connectivity index (χ0v) is 9.21. The number of Topliss-reactive ketones (excluding diaryl/α,β-unsaturated/α-hetero) is 1. The van der Waals surface area contributed by atoms with Crippen molar-refractivity contribution in [1.82, 2.24) is 0 Å². The molecule has 1 fully saturated rings. The van der Waals surface area contributed by atoms with Crippen molar-refractivity contribution in [3.05, 3.63) is 29.8 Å². The maximum absolute atomic E-state index is 12.6. The number of alkyl halides is 4. The summed E-state index contributed by atoms with van der Waals surface area (Å²) in [6, 6.07) is 4.78. The van der Waals surface area contributed by atoms with Gasteiger partial charge in [0.25, 0.3) is 0 Å². The smallest absolute Gasteiger partial charge is 0.428 e. The second-order valence-electron chi connectivity index (χ2n) is 4.13. The zero-order valence-electron chi connectivity index (χ0n) is 9.21. The molecule has 0 spiro atoms. The summed E-state index contributed by atoms with van der Waals surface area (Å²) in [6.07, 6.45) is -6.76. The first-order valence-corrected chi connectivity index (χ1v) is 5.39. The third kappa shape index (κ3) is 2.80. The average molecular weight is 262 g/mol. The Labute approximate surface area is 101 Å². The minimum atomic E-state index is -4.53. The van der Waals surface area contributed by atoms with Gasteiger partial charge in [0, 0.05) is 11.5 Å². The fraction of sp³-hybridized carbons (Fsp3) is 0.417. The summed E-state index contributed by atoms with van der Waals surface area (Å²) < 4.78 is 52.8. The molecule has 0 amide bonds. The number of halogens is 4. The Hall–Kier alpha value is -1.59. The molecule has 0 N–H and O–H groups in total. The molecule has 0 heterocycles. The van der Waals surface area contributed by atoms with E-state index < -0.39 is 18.3 Å². The molecule has 2 nitrogen and oxygen atoms in total. The number of ketones is 1. The van der Waals surface area contributed by atoms with E-state index in [4.69, 9.17) is 0 Å². The molecule has 98 valence electrons. The number of carbonyl (C=O) groups excluding carboxylic acids is 1. The van der Waals surface area contributed by atoms with Crippen LogP contribution in [0.5, 0.6) is 5.75 Å². The van der Waals surface area contributed by atoms with Crippen LogP contribution in [0.1, 0.15) is 23.2 Å². The van der Waals surface area contributed by atoms with Crippen LogP contribution in [-0.2, 0) is 0 Å². The van der Waals surface area contributed by atoms with Gasteiger partial charge in [-0.1, -0.05) is 0 Å². The summed E-state index contributed by atoms with van der Waals surface area (Å²) in [5.41, 5.74) is 0.380. The van der Waals surface area contributed by atoms with Crippen molar-refractivity contribution < 1.29 is 27.1 Å². The molecule has 0 radical (unpaired) electrons. The highest BCUT2D eigenvalue weighted by molar-refractivity contribution is 5.99. The third-order valence-electron chi connectivity index (χ3n) is 2.59. The SMILES string of the molecule is O=C(c1ccc(OC(F)(F)C(F)F)cc1)C1CC1. The molecule has 1 aliphatic rings. The van der Waals surface area contributed by atoms with Crippen molar-refractivity contribution in [2.45, 2.75) is 25.4 Å². The van der Waals surface area contributed by atoms with Gasteiger partial charge in [0.15, 0.2) is 5.78 Å². The summed E-state index contributed by atoms with van der Waals surface area (Å²) in [4.78, 5) is 11.6. The molecule has 0 atom stereocenters. The van der Waals surface area contributed by atoms with Gasteiger partial charge in [-0.25, -0.2) is 0 Å². The second-order valence-corrected chi connectivity index (χ2v) is 4.13. The Kier molecular flexibility index (Phi) is 3.28. The van der Waals surface area contributed by atoms with Gasteiger partial charge in [0.1, 0.15) is 5.75 Å². The third-order valence-corrected chi connectivity index (χ3v) is 2.59. The lowest BCUT2D eigenvalue weighted by atomic mass is 10.1. The Bertz CT molecular complexity index is 438. The van der Waals surface area contributed by atoms with Crippen LogP contribution in [0, 0.1) is 5.92 Å². The highest BCUT2D eigenvalue weighted by atomic mass is 19.3. The predicted octanol–water partition coefficient (Wildman–Crippen LogP) is 3.52. The highest BCUT2D eigenvalue weighted by Gasteiger charge is 2.44. The van der Waals surface area contributed by atoms with E-state index in [1.165, 1.54) is 12.1 Å². The molecule has 1 aromatic rings. The van der Waals surface area contributed by atoms with E-state index in [-0.39, 0.29) is 11.7 Å². The Balaban J connectivity index is 2.05. The summed E-state index contributed by atoms with van der Waals surface area (Å²) >= 11 is 0. The summed E-state index contributed by atoms with van der Waals surface area (Å²) in [7, 11) is 0. The maximum Gasteiger partial charge on any atom is 0.461 e. The summed E-state index contributed by atoms with van der Waals surface area (Å²) in [5.74, 6) is -0.436. The van der Waals surface area contributed by atoms with E-state index >= 15 is 0 Å². The van der Waals surface area contributed by atoms with Crippen LogP contribution >= 0.6 is 0 Å². The van der Waals surface area contributed by atoms with E-state index in [0.717, 1.165) is 25.0 Å². The van der Waals surface area contributed by atoms with Crippen molar-refractivity contribution in [2.75, 3.05) is 0 Å². The molecule has 6 heteroatoms. The zero-order chi connectivity index (χ0) is 13.3. The van der Waals surface area contributed by atoms with Crippen LogP contribution in [0.3, 0.4) is 0 Å². The largest absolute Gasteiger partial charge is 0.461 e. The molecule has 2 rings (SSSR count). The molecular formula is C12H10F4O2. The number of ether oxygens (including phenoxy) is 1. The standard InChI is InChI=1S/C12H10F4O2/c13-11(14)12(15,16)18-9-5-3-8(4-6-9)10(17)7-1-2-7/h3-7,11H,1-2H2.